The summed E-state index contributed by atoms with van der Waals surface area (Å²) >= 11 is 0. The zero-order chi connectivity index (χ0) is 21.0. The molecule has 0 aliphatic rings. The Hall–Kier alpha value is -3.97. The van der Waals surface area contributed by atoms with E-state index in [1.807, 2.05) is 6.07 Å². The summed E-state index contributed by atoms with van der Waals surface area (Å²) < 4.78 is 34.2. The first-order valence-corrected chi connectivity index (χ1v) is 9.96. The van der Waals surface area contributed by atoms with Crippen LogP contribution in [0.5, 0.6) is 23.0 Å². The molecule has 0 spiro atoms. The van der Waals surface area contributed by atoms with Crippen molar-refractivity contribution in [1.29, 1.82) is 5.26 Å². The Bertz CT molecular complexity index is 1220. The van der Waals surface area contributed by atoms with Crippen LogP contribution in [0.25, 0.3) is 0 Å². The monoisotopic (exact) mass is 411 g/mol. The number of nitro benzene ring substituents is 1. The molecule has 146 valence electrons. The average Bonchev–Trinajstić information content (AvgIpc) is 2.68. The van der Waals surface area contributed by atoms with Gasteiger partial charge in [0.15, 0.2) is 21.3 Å². The number of ether oxygens (including phenoxy) is 2. The van der Waals surface area contributed by atoms with Crippen LogP contribution in [0, 0.1) is 21.4 Å². The molecule has 0 bridgehead atoms. The van der Waals surface area contributed by atoms with Crippen LogP contribution in [-0.2, 0) is 9.84 Å². The lowest BCUT2D eigenvalue weighted by molar-refractivity contribution is -0.385. The molecule has 0 N–H and O–H groups in total. The van der Waals surface area contributed by atoms with Crippen molar-refractivity contribution in [2.24, 2.45) is 0 Å². The number of nitriles is 1. The second kappa shape index (κ2) is 7.95. The molecule has 0 fully saturated rings. The number of aromatic nitrogens is 1. The molecule has 0 saturated carbocycles. The summed E-state index contributed by atoms with van der Waals surface area (Å²) in [6.07, 6.45) is 2.50. The average molecular weight is 411 g/mol. The van der Waals surface area contributed by atoms with Crippen LogP contribution in [0.3, 0.4) is 0 Å². The summed E-state index contributed by atoms with van der Waals surface area (Å²) in [4.78, 5) is 14.7. The maximum absolute atomic E-state index is 11.5. The molecule has 3 aromatic rings. The van der Waals surface area contributed by atoms with Gasteiger partial charge in [0.05, 0.1) is 9.82 Å². The molecule has 0 atom stereocenters. The molecule has 0 radical (unpaired) electrons. The molecule has 0 saturated heterocycles. The van der Waals surface area contributed by atoms with Crippen LogP contribution in [0.15, 0.2) is 65.7 Å². The Labute approximate surface area is 165 Å². The van der Waals surface area contributed by atoms with Crippen molar-refractivity contribution in [2.75, 3.05) is 6.26 Å². The lowest BCUT2D eigenvalue weighted by Gasteiger charge is -2.10. The van der Waals surface area contributed by atoms with Crippen LogP contribution in [0.2, 0.25) is 0 Å². The molecule has 0 unspecified atom stereocenters. The van der Waals surface area contributed by atoms with Crippen LogP contribution in [0.4, 0.5) is 5.69 Å². The first-order valence-electron chi connectivity index (χ1n) is 8.07. The largest absolute Gasteiger partial charge is 0.457 e. The fourth-order valence-electron chi connectivity index (χ4n) is 2.36. The summed E-state index contributed by atoms with van der Waals surface area (Å²) in [5.41, 5.74) is -0.345. The molecule has 0 aliphatic carbocycles. The number of nitrogens with zero attached hydrogens (tertiary/aromatic N) is 3. The van der Waals surface area contributed by atoms with Gasteiger partial charge >= 0.3 is 5.69 Å². The van der Waals surface area contributed by atoms with Crippen molar-refractivity contribution in [1.82, 2.24) is 4.98 Å². The van der Waals surface area contributed by atoms with Gasteiger partial charge in [-0.2, -0.15) is 5.26 Å². The van der Waals surface area contributed by atoms with E-state index >= 15 is 0 Å². The van der Waals surface area contributed by atoms with Gasteiger partial charge in [0.25, 0.3) is 0 Å². The molecule has 1 heterocycles. The van der Waals surface area contributed by atoms with Crippen LogP contribution < -0.4 is 9.47 Å². The first-order chi connectivity index (χ1) is 13.8. The van der Waals surface area contributed by atoms with Crippen molar-refractivity contribution in [3.8, 4) is 29.1 Å². The number of nitro groups is 1. The van der Waals surface area contributed by atoms with Crippen LogP contribution >= 0.6 is 0 Å². The van der Waals surface area contributed by atoms with Crippen molar-refractivity contribution >= 4 is 15.5 Å². The van der Waals surface area contributed by atoms with Crippen molar-refractivity contribution < 1.29 is 22.8 Å². The second-order valence-corrected chi connectivity index (χ2v) is 7.81. The third kappa shape index (κ3) is 4.66. The Morgan fingerprint density at radius 1 is 1.03 bits per heavy atom. The van der Waals surface area contributed by atoms with E-state index in [1.165, 1.54) is 60.8 Å². The number of hydrogen-bond acceptors (Lipinski definition) is 8. The SMILES string of the molecule is CS(=O)(=O)c1ccc(Oc2ccc([N+](=O)[O-])c(Oc3cccnc3C#N)c2)cc1. The van der Waals surface area contributed by atoms with E-state index in [-0.39, 0.29) is 33.5 Å². The van der Waals surface area contributed by atoms with E-state index in [9.17, 15) is 18.5 Å². The molecule has 2 aromatic carbocycles. The third-order valence-corrected chi connectivity index (χ3v) is 4.84. The summed E-state index contributed by atoms with van der Waals surface area (Å²) in [6.45, 7) is 0. The predicted molar refractivity (Wildman–Crippen MR) is 102 cm³/mol. The predicted octanol–water partition coefficient (Wildman–Crippen LogP) is 3.85. The van der Waals surface area contributed by atoms with Gasteiger partial charge in [-0.1, -0.05) is 0 Å². The highest BCUT2D eigenvalue weighted by Crippen LogP contribution is 2.36. The van der Waals surface area contributed by atoms with Crippen LogP contribution in [0.1, 0.15) is 5.69 Å². The summed E-state index contributed by atoms with van der Waals surface area (Å²) in [5, 5.41) is 20.4. The van der Waals surface area contributed by atoms with Crippen LogP contribution in [-0.4, -0.2) is 24.6 Å². The highest BCUT2D eigenvalue weighted by atomic mass is 32.2. The summed E-state index contributed by atoms with van der Waals surface area (Å²) in [6, 6.07) is 14.4. The Kier molecular flexibility index (Phi) is 5.43. The van der Waals surface area contributed by atoms with Gasteiger partial charge < -0.3 is 9.47 Å². The third-order valence-electron chi connectivity index (χ3n) is 3.71. The summed E-state index contributed by atoms with van der Waals surface area (Å²) in [5.74, 6) is 0.480. The Balaban J connectivity index is 1.92. The molecular weight excluding hydrogens is 398 g/mol. The molecule has 10 heteroatoms. The quantitative estimate of drug-likeness (QED) is 0.441. The van der Waals surface area contributed by atoms with Crippen molar-refractivity contribution in [3.63, 3.8) is 0 Å². The van der Waals surface area contributed by atoms with E-state index in [0.717, 1.165) is 6.26 Å². The molecule has 29 heavy (non-hydrogen) atoms. The van der Waals surface area contributed by atoms with Gasteiger partial charge in [0.1, 0.15) is 17.6 Å². The molecule has 9 nitrogen and oxygen atoms in total. The topological polar surface area (TPSA) is 132 Å². The second-order valence-electron chi connectivity index (χ2n) is 5.80. The van der Waals surface area contributed by atoms with E-state index in [2.05, 4.69) is 4.98 Å². The highest BCUT2D eigenvalue weighted by Gasteiger charge is 2.19. The molecule has 0 aliphatic heterocycles. The minimum Gasteiger partial charge on any atom is -0.457 e. The highest BCUT2D eigenvalue weighted by molar-refractivity contribution is 7.90. The number of pyridine rings is 1. The Morgan fingerprint density at radius 2 is 1.72 bits per heavy atom. The lowest BCUT2D eigenvalue weighted by atomic mass is 10.2. The standard InChI is InChI=1S/C19H13N3O6S/c1-29(25,26)15-7-4-13(5-8-15)27-14-6-9-17(22(23)24)19(11-14)28-18-3-2-10-21-16(18)12-20/h2-11H,1H3. The molecule has 1 aromatic heterocycles. The van der Waals surface area contributed by atoms with Gasteiger partial charge in [0, 0.05) is 24.6 Å². The number of hydrogen-bond donors (Lipinski definition) is 0. The Morgan fingerprint density at radius 3 is 2.34 bits per heavy atom. The van der Waals surface area contributed by atoms with Gasteiger partial charge in [0.2, 0.25) is 5.75 Å². The number of rotatable bonds is 6. The van der Waals surface area contributed by atoms with E-state index < -0.39 is 14.8 Å². The number of benzene rings is 2. The smallest absolute Gasteiger partial charge is 0.311 e. The molecular formula is C19H13N3O6S. The van der Waals surface area contributed by atoms with E-state index in [4.69, 9.17) is 14.7 Å². The minimum atomic E-state index is -3.34. The maximum atomic E-state index is 11.5. The van der Waals surface area contributed by atoms with Crippen molar-refractivity contribution in [2.45, 2.75) is 4.90 Å². The fourth-order valence-corrected chi connectivity index (χ4v) is 2.99. The zero-order valence-corrected chi connectivity index (χ0v) is 15.8. The first kappa shape index (κ1) is 19.8. The minimum absolute atomic E-state index is 0.0236. The molecule has 0 amide bonds. The number of sulfone groups is 1. The van der Waals surface area contributed by atoms with Gasteiger partial charge in [-0.25, -0.2) is 13.4 Å². The van der Waals surface area contributed by atoms with E-state index in [1.54, 1.807) is 0 Å². The van der Waals surface area contributed by atoms with E-state index in [0.29, 0.717) is 5.75 Å². The lowest BCUT2D eigenvalue weighted by Crippen LogP contribution is -1.97. The normalized spacial score (nSPS) is 10.8. The van der Waals surface area contributed by atoms with Gasteiger partial charge in [-0.3, -0.25) is 10.1 Å². The molecule has 3 rings (SSSR count). The fraction of sp³-hybridized carbons (Fsp3) is 0.0526. The van der Waals surface area contributed by atoms with Crippen molar-refractivity contribution in [3.05, 3.63) is 76.6 Å². The zero-order valence-electron chi connectivity index (χ0n) is 15.0. The summed E-state index contributed by atoms with van der Waals surface area (Å²) in [7, 11) is -3.34. The van der Waals surface area contributed by atoms with Gasteiger partial charge in [-0.15, -0.1) is 0 Å². The van der Waals surface area contributed by atoms with Gasteiger partial charge in [-0.05, 0) is 42.5 Å². The maximum Gasteiger partial charge on any atom is 0.311 e.